The van der Waals surface area contributed by atoms with Gasteiger partial charge in [0.05, 0.1) is 5.56 Å². The molecule has 2 aromatic heterocycles. The molecule has 0 radical (unpaired) electrons. The molecule has 4 rings (SSSR count). The number of rotatable bonds is 2. The lowest BCUT2D eigenvalue weighted by Gasteiger charge is -2.26. The van der Waals surface area contributed by atoms with Gasteiger partial charge >= 0.3 is 0 Å². The zero-order valence-electron chi connectivity index (χ0n) is 12.1. The second-order valence-electron chi connectivity index (χ2n) is 5.49. The third-order valence-corrected chi connectivity index (χ3v) is 4.88. The van der Waals surface area contributed by atoms with E-state index in [9.17, 15) is 4.79 Å². The first kappa shape index (κ1) is 13.3. The molecule has 0 unspecified atom stereocenters. The summed E-state index contributed by atoms with van der Waals surface area (Å²) in [5.74, 6) is 0.135. The highest BCUT2D eigenvalue weighted by Crippen LogP contribution is 2.29. The number of hydrogen-bond donors (Lipinski definition) is 1. The fraction of sp³-hybridized carbons (Fsp3) is 0.167. The molecule has 3 nitrogen and oxygen atoms in total. The summed E-state index contributed by atoms with van der Waals surface area (Å²) in [6.45, 7) is 1.46. The Kier molecular flexibility index (Phi) is 3.31. The van der Waals surface area contributed by atoms with Crippen LogP contribution in [-0.2, 0) is 0 Å². The number of aromatic amines is 1. The second-order valence-corrected chi connectivity index (χ2v) is 6.27. The van der Waals surface area contributed by atoms with Gasteiger partial charge in [-0.25, -0.2) is 0 Å². The topological polar surface area (TPSA) is 36.1 Å². The van der Waals surface area contributed by atoms with Gasteiger partial charge in [0, 0.05) is 41.1 Å². The van der Waals surface area contributed by atoms with Gasteiger partial charge in [-0.3, -0.25) is 4.79 Å². The van der Waals surface area contributed by atoms with Crippen LogP contribution in [0.3, 0.4) is 0 Å². The number of fused-ring (bicyclic) bond motifs is 1. The Balaban J connectivity index is 1.58. The van der Waals surface area contributed by atoms with Crippen molar-refractivity contribution in [3.8, 4) is 0 Å². The Bertz CT molecular complexity index is 845. The Morgan fingerprint density at radius 2 is 2.14 bits per heavy atom. The fourth-order valence-corrected chi connectivity index (χ4v) is 3.63. The molecule has 3 aromatic rings. The van der Waals surface area contributed by atoms with Gasteiger partial charge in [-0.05, 0) is 29.5 Å². The highest BCUT2D eigenvalue weighted by molar-refractivity contribution is 7.08. The Morgan fingerprint density at radius 3 is 2.91 bits per heavy atom. The average molecular weight is 308 g/mol. The van der Waals surface area contributed by atoms with E-state index in [4.69, 9.17) is 0 Å². The SMILES string of the molecule is O=C(c1ccsc1)N1CC=C(c2c[nH]c3ccccc23)CC1. The summed E-state index contributed by atoms with van der Waals surface area (Å²) in [5.41, 5.74) is 4.55. The van der Waals surface area contributed by atoms with E-state index in [0.29, 0.717) is 6.54 Å². The highest BCUT2D eigenvalue weighted by atomic mass is 32.1. The first-order valence-corrected chi connectivity index (χ1v) is 8.34. The molecule has 1 aromatic carbocycles. The minimum Gasteiger partial charge on any atom is -0.361 e. The van der Waals surface area contributed by atoms with Gasteiger partial charge in [0.15, 0.2) is 0 Å². The summed E-state index contributed by atoms with van der Waals surface area (Å²) in [4.78, 5) is 17.6. The quantitative estimate of drug-likeness (QED) is 0.758. The molecule has 0 saturated carbocycles. The monoisotopic (exact) mass is 308 g/mol. The molecule has 4 heteroatoms. The number of H-pyrrole nitrogens is 1. The van der Waals surface area contributed by atoms with Crippen molar-refractivity contribution in [1.29, 1.82) is 0 Å². The third kappa shape index (κ3) is 2.25. The lowest BCUT2D eigenvalue weighted by molar-refractivity contribution is 0.0773. The Morgan fingerprint density at radius 1 is 1.23 bits per heavy atom. The second kappa shape index (κ2) is 5.46. The average Bonchev–Trinajstić information content (AvgIpc) is 3.24. The fourth-order valence-electron chi connectivity index (χ4n) is 3.00. The number of para-hydroxylation sites is 1. The van der Waals surface area contributed by atoms with Crippen molar-refractivity contribution in [2.75, 3.05) is 13.1 Å². The minimum absolute atomic E-state index is 0.135. The minimum atomic E-state index is 0.135. The smallest absolute Gasteiger partial charge is 0.254 e. The standard InChI is InChI=1S/C18H16N2OS/c21-18(14-7-10-22-12-14)20-8-5-13(6-9-20)16-11-19-17-4-2-1-3-15(16)17/h1-5,7,10-12,19H,6,8-9H2. The van der Waals surface area contributed by atoms with Gasteiger partial charge in [0.2, 0.25) is 0 Å². The number of aromatic nitrogens is 1. The van der Waals surface area contributed by atoms with Crippen LogP contribution in [0.15, 0.2) is 53.4 Å². The first-order chi connectivity index (χ1) is 10.8. The molecule has 1 amide bonds. The number of benzene rings is 1. The predicted octanol–water partition coefficient (Wildman–Crippen LogP) is 4.16. The lowest BCUT2D eigenvalue weighted by Crippen LogP contribution is -2.34. The summed E-state index contributed by atoms with van der Waals surface area (Å²) in [7, 11) is 0. The van der Waals surface area contributed by atoms with Gasteiger partial charge < -0.3 is 9.88 Å². The van der Waals surface area contributed by atoms with Crippen LogP contribution in [0.1, 0.15) is 22.3 Å². The molecule has 0 aliphatic carbocycles. The summed E-state index contributed by atoms with van der Waals surface area (Å²) in [6, 6.07) is 10.2. The maximum atomic E-state index is 12.4. The molecule has 0 spiro atoms. The van der Waals surface area contributed by atoms with E-state index in [1.54, 1.807) is 11.3 Å². The molecule has 1 N–H and O–H groups in total. The number of thiophene rings is 1. The summed E-state index contributed by atoms with van der Waals surface area (Å²) in [6.07, 6.45) is 5.16. The van der Waals surface area contributed by atoms with Crippen LogP contribution in [0.2, 0.25) is 0 Å². The van der Waals surface area contributed by atoms with Crippen molar-refractivity contribution in [1.82, 2.24) is 9.88 Å². The van der Waals surface area contributed by atoms with Crippen LogP contribution in [0.5, 0.6) is 0 Å². The molecule has 110 valence electrons. The van der Waals surface area contributed by atoms with Crippen molar-refractivity contribution >= 4 is 33.7 Å². The number of nitrogens with zero attached hydrogens (tertiary/aromatic N) is 1. The Hall–Kier alpha value is -2.33. The van der Waals surface area contributed by atoms with Crippen molar-refractivity contribution in [2.45, 2.75) is 6.42 Å². The zero-order chi connectivity index (χ0) is 14.9. The van der Waals surface area contributed by atoms with Crippen LogP contribution >= 0.6 is 11.3 Å². The van der Waals surface area contributed by atoms with Crippen molar-refractivity contribution in [3.05, 3.63) is 64.5 Å². The van der Waals surface area contributed by atoms with Crippen LogP contribution in [0, 0.1) is 0 Å². The summed E-state index contributed by atoms with van der Waals surface area (Å²) in [5, 5.41) is 5.12. The van der Waals surface area contributed by atoms with E-state index in [0.717, 1.165) is 24.0 Å². The molecule has 1 aliphatic heterocycles. The van der Waals surface area contributed by atoms with Gasteiger partial charge in [0.1, 0.15) is 0 Å². The third-order valence-electron chi connectivity index (χ3n) is 4.20. The maximum absolute atomic E-state index is 12.4. The van der Waals surface area contributed by atoms with Crippen molar-refractivity contribution < 1.29 is 4.79 Å². The molecule has 1 aliphatic rings. The normalized spacial score (nSPS) is 15.1. The van der Waals surface area contributed by atoms with E-state index < -0.39 is 0 Å². The van der Waals surface area contributed by atoms with E-state index in [1.165, 1.54) is 16.5 Å². The Labute approximate surface area is 132 Å². The number of nitrogens with one attached hydrogen (secondary N) is 1. The molecule has 0 bridgehead atoms. The number of hydrogen-bond acceptors (Lipinski definition) is 2. The molecule has 3 heterocycles. The van der Waals surface area contributed by atoms with Crippen molar-refractivity contribution in [2.24, 2.45) is 0 Å². The molecule has 0 fully saturated rings. The first-order valence-electron chi connectivity index (χ1n) is 7.40. The molecular formula is C18H16N2OS. The van der Waals surface area contributed by atoms with Gasteiger partial charge in [-0.1, -0.05) is 24.3 Å². The largest absolute Gasteiger partial charge is 0.361 e. The van der Waals surface area contributed by atoms with Crippen LogP contribution in [-0.4, -0.2) is 28.9 Å². The molecule has 0 saturated heterocycles. The number of carbonyl (C=O) groups is 1. The van der Waals surface area contributed by atoms with Crippen LogP contribution in [0.4, 0.5) is 0 Å². The maximum Gasteiger partial charge on any atom is 0.254 e. The van der Waals surface area contributed by atoms with Crippen LogP contribution in [0.25, 0.3) is 16.5 Å². The van der Waals surface area contributed by atoms with Crippen molar-refractivity contribution in [3.63, 3.8) is 0 Å². The predicted molar refractivity (Wildman–Crippen MR) is 91.1 cm³/mol. The molecule has 0 atom stereocenters. The molecule has 22 heavy (non-hydrogen) atoms. The highest BCUT2D eigenvalue weighted by Gasteiger charge is 2.20. The lowest BCUT2D eigenvalue weighted by atomic mass is 9.98. The van der Waals surface area contributed by atoms with E-state index >= 15 is 0 Å². The van der Waals surface area contributed by atoms with Gasteiger partial charge in [-0.15, -0.1) is 0 Å². The van der Waals surface area contributed by atoms with Crippen LogP contribution < -0.4 is 0 Å². The van der Waals surface area contributed by atoms with E-state index in [2.05, 4.69) is 35.5 Å². The number of amides is 1. The summed E-state index contributed by atoms with van der Waals surface area (Å²) < 4.78 is 0. The zero-order valence-corrected chi connectivity index (χ0v) is 12.9. The van der Waals surface area contributed by atoms with Gasteiger partial charge in [0.25, 0.3) is 5.91 Å². The summed E-state index contributed by atoms with van der Waals surface area (Å²) >= 11 is 1.56. The van der Waals surface area contributed by atoms with E-state index in [1.807, 2.05) is 27.8 Å². The molecular weight excluding hydrogens is 292 g/mol. The van der Waals surface area contributed by atoms with Gasteiger partial charge in [-0.2, -0.15) is 11.3 Å². The number of carbonyl (C=O) groups excluding carboxylic acids is 1. The van der Waals surface area contributed by atoms with E-state index in [-0.39, 0.29) is 5.91 Å².